The highest BCUT2D eigenvalue weighted by molar-refractivity contribution is 6.00. The smallest absolute Gasteiger partial charge is 0.410 e. The number of benzene rings is 1. The summed E-state index contributed by atoms with van der Waals surface area (Å²) in [5.74, 6) is -0.765. The number of nitrogens with zero attached hydrogens (tertiary/aromatic N) is 5. The first-order valence-electron chi connectivity index (χ1n) is 13.9. The summed E-state index contributed by atoms with van der Waals surface area (Å²) >= 11 is 0. The lowest BCUT2D eigenvalue weighted by Gasteiger charge is -2.23. The number of ether oxygens (including phenoxy) is 2. The Labute approximate surface area is 235 Å². The molecular formula is C26H32N8O6. The van der Waals surface area contributed by atoms with Crippen LogP contribution >= 0.6 is 0 Å². The molecule has 3 aromatic rings. The fourth-order valence-electron chi connectivity index (χ4n) is 3.56. The summed E-state index contributed by atoms with van der Waals surface area (Å²) in [6.07, 6.45) is 0.976. The zero-order chi connectivity index (χ0) is 31.5. The molecule has 1 aromatic carbocycles. The molecule has 4 rings (SSSR count). The Bertz CT molecular complexity index is 1520. The van der Waals surface area contributed by atoms with Crippen LogP contribution in [0, 0.1) is 5.92 Å². The molecule has 0 unspecified atom stereocenters. The minimum atomic E-state index is -2.78. The van der Waals surface area contributed by atoms with Crippen LogP contribution in [0.5, 0.6) is 5.75 Å². The van der Waals surface area contributed by atoms with E-state index in [9.17, 15) is 14.4 Å². The van der Waals surface area contributed by atoms with Crippen LogP contribution in [0.4, 0.5) is 22.0 Å². The van der Waals surface area contributed by atoms with Crippen LogP contribution in [-0.4, -0.2) is 69.9 Å². The highest BCUT2D eigenvalue weighted by Crippen LogP contribution is 2.38. The van der Waals surface area contributed by atoms with E-state index in [1.165, 1.54) is 18.1 Å². The summed E-state index contributed by atoms with van der Waals surface area (Å²) in [5.41, 5.74) is -0.262. The lowest BCUT2D eigenvalue weighted by Crippen LogP contribution is -2.34. The predicted molar refractivity (Wildman–Crippen MR) is 144 cm³/mol. The van der Waals surface area contributed by atoms with Gasteiger partial charge in [-0.25, -0.2) is 4.79 Å². The average molecular weight is 556 g/mol. The summed E-state index contributed by atoms with van der Waals surface area (Å²) in [4.78, 5) is 43.1. The molecule has 1 aliphatic rings. The largest absolute Gasteiger partial charge is 0.494 e. The van der Waals surface area contributed by atoms with Gasteiger partial charge in [0.15, 0.2) is 23.1 Å². The minimum Gasteiger partial charge on any atom is -0.494 e. The van der Waals surface area contributed by atoms with E-state index >= 15 is 0 Å². The van der Waals surface area contributed by atoms with Gasteiger partial charge in [0.2, 0.25) is 5.91 Å². The molecule has 2 aromatic heterocycles. The summed E-state index contributed by atoms with van der Waals surface area (Å²) in [5, 5.41) is 19.3. The number of para-hydroxylation sites is 1. The molecule has 40 heavy (non-hydrogen) atoms. The fourth-order valence-corrected chi connectivity index (χ4v) is 3.56. The van der Waals surface area contributed by atoms with Crippen molar-refractivity contribution < 1.29 is 32.5 Å². The normalized spacial score (nSPS) is 14.3. The van der Waals surface area contributed by atoms with Gasteiger partial charge in [-0.05, 0) is 45.7 Å². The summed E-state index contributed by atoms with van der Waals surface area (Å²) < 4.78 is 38.6. The molecule has 14 heteroatoms. The number of methoxy groups -OCH3 is 1. The van der Waals surface area contributed by atoms with E-state index in [1.807, 2.05) is 5.32 Å². The Morgan fingerprint density at radius 3 is 2.65 bits per heavy atom. The van der Waals surface area contributed by atoms with Crippen LogP contribution in [0.3, 0.4) is 0 Å². The number of anilines is 3. The molecule has 0 bridgehead atoms. The van der Waals surface area contributed by atoms with Crippen molar-refractivity contribution in [1.29, 1.82) is 0 Å². The molecule has 0 saturated heterocycles. The van der Waals surface area contributed by atoms with E-state index in [-0.39, 0.29) is 53.0 Å². The van der Waals surface area contributed by atoms with Crippen LogP contribution in [0.1, 0.15) is 54.0 Å². The Balaban J connectivity index is 1.62. The van der Waals surface area contributed by atoms with Gasteiger partial charge in [-0.3, -0.25) is 9.59 Å². The van der Waals surface area contributed by atoms with Crippen LogP contribution in [0.2, 0.25) is 0 Å². The van der Waals surface area contributed by atoms with Gasteiger partial charge in [-0.2, -0.15) is 4.98 Å². The van der Waals surface area contributed by atoms with Crippen molar-refractivity contribution in [2.24, 2.45) is 5.92 Å². The van der Waals surface area contributed by atoms with Gasteiger partial charge in [-0.15, -0.1) is 10.2 Å². The van der Waals surface area contributed by atoms with Crippen molar-refractivity contribution in [3.8, 4) is 17.2 Å². The Morgan fingerprint density at radius 1 is 1.20 bits per heavy atom. The monoisotopic (exact) mass is 555 g/mol. The first-order valence-corrected chi connectivity index (χ1v) is 12.4. The van der Waals surface area contributed by atoms with Gasteiger partial charge in [0.05, 0.1) is 30.6 Å². The van der Waals surface area contributed by atoms with Crippen LogP contribution < -0.4 is 20.7 Å². The van der Waals surface area contributed by atoms with Gasteiger partial charge in [0.25, 0.3) is 11.8 Å². The first kappa shape index (κ1) is 24.3. The molecule has 14 nitrogen and oxygen atoms in total. The fraction of sp³-hybridized carbons (Fsp3) is 0.423. The van der Waals surface area contributed by atoms with Crippen molar-refractivity contribution in [1.82, 2.24) is 30.6 Å². The van der Waals surface area contributed by atoms with E-state index in [0.717, 1.165) is 12.8 Å². The molecule has 212 valence electrons. The van der Waals surface area contributed by atoms with Crippen molar-refractivity contribution in [3.05, 3.63) is 35.8 Å². The number of amides is 3. The second-order valence-corrected chi connectivity index (χ2v) is 10.1. The molecule has 0 radical (unpaired) electrons. The number of nitrogens with one attached hydrogen (secondary N) is 3. The van der Waals surface area contributed by atoms with Crippen LogP contribution in [0.25, 0.3) is 11.5 Å². The molecular weight excluding hydrogens is 520 g/mol. The van der Waals surface area contributed by atoms with E-state index in [0.29, 0.717) is 11.3 Å². The molecule has 1 fully saturated rings. The second-order valence-electron chi connectivity index (χ2n) is 10.1. The zero-order valence-electron chi connectivity index (χ0n) is 25.7. The zero-order valence-corrected chi connectivity index (χ0v) is 22.7. The third kappa shape index (κ3) is 6.81. The van der Waals surface area contributed by atoms with E-state index < -0.39 is 24.6 Å². The number of aromatic nitrogens is 4. The van der Waals surface area contributed by atoms with E-state index in [1.54, 1.807) is 46.0 Å². The number of hydrogen-bond donors (Lipinski definition) is 3. The summed E-state index contributed by atoms with van der Waals surface area (Å²) in [6.45, 7) is 2.51. The van der Waals surface area contributed by atoms with Gasteiger partial charge < -0.3 is 34.8 Å². The molecule has 0 spiro atoms. The Kier molecular flexibility index (Phi) is 7.02. The van der Waals surface area contributed by atoms with E-state index in [2.05, 4.69) is 31.0 Å². The molecule has 2 heterocycles. The standard InChI is InChI=1S/C26H32N8O6/c1-26(2,3)39-25(37)34(5)13-19-30-24(40-33-19)15-8-7-9-16(21(15)38-6)28-17-12-18(29-22(35)14-10-11-14)31-32-20(17)23(36)27-4/h7-9,12,14H,10-11,13H2,1-6H3,(H,27,36)(H2,28,29,31,35)/i4D3. The maximum Gasteiger partial charge on any atom is 0.410 e. The maximum absolute atomic E-state index is 12.8. The number of hydrogen-bond acceptors (Lipinski definition) is 11. The number of rotatable bonds is 9. The van der Waals surface area contributed by atoms with Crippen molar-refractivity contribution in [2.45, 2.75) is 45.8 Å². The van der Waals surface area contributed by atoms with Crippen molar-refractivity contribution in [2.75, 3.05) is 31.8 Å². The van der Waals surface area contributed by atoms with E-state index in [4.69, 9.17) is 18.1 Å². The molecule has 3 N–H and O–H groups in total. The second kappa shape index (κ2) is 11.6. The minimum absolute atomic E-state index is 0.0126. The molecule has 1 aliphatic carbocycles. The lowest BCUT2D eigenvalue weighted by molar-refractivity contribution is -0.117. The first-order chi connectivity index (χ1) is 20.1. The molecule has 0 atom stereocenters. The third-order valence-electron chi connectivity index (χ3n) is 5.59. The molecule has 0 aliphatic heterocycles. The Morgan fingerprint density at radius 2 is 1.98 bits per heavy atom. The third-order valence-corrected chi connectivity index (χ3v) is 5.59. The maximum atomic E-state index is 12.8. The topological polar surface area (TPSA) is 174 Å². The van der Waals surface area contributed by atoms with Gasteiger partial charge in [-0.1, -0.05) is 11.2 Å². The lowest BCUT2D eigenvalue weighted by atomic mass is 10.1. The average Bonchev–Trinajstić information content (AvgIpc) is 3.65. The van der Waals surface area contributed by atoms with Gasteiger partial charge in [0, 0.05) is 30.1 Å². The van der Waals surface area contributed by atoms with Crippen LogP contribution in [-0.2, 0) is 16.1 Å². The summed E-state index contributed by atoms with van der Waals surface area (Å²) in [7, 11) is 2.95. The number of carbonyl (C=O) groups excluding carboxylic acids is 3. The van der Waals surface area contributed by atoms with Crippen molar-refractivity contribution >= 4 is 35.1 Å². The molecule has 1 saturated carbocycles. The van der Waals surface area contributed by atoms with Gasteiger partial charge >= 0.3 is 6.09 Å². The van der Waals surface area contributed by atoms with Crippen LogP contribution in [0.15, 0.2) is 28.8 Å². The SMILES string of the molecule is [2H]C([2H])([2H])NC(=O)c1nnc(NC(=O)C2CC2)cc1Nc1cccc(-c2nc(CN(C)C(=O)OC(C)(C)C)no2)c1OC. The highest BCUT2D eigenvalue weighted by Gasteiger charge is 2.30. The van der Waals surface area contributed by atoms with Gasteiger partial charge in [0.1, 0.15) is 5.60 Å². The quantitative estimate of drug-likeness (QED) is 0.353. The molecule has 3 amide bonds. The van der Waals surface area contributed by atoms with Crippen molar-refractivity contribution in [3.63, 3.8) is 0 Å². The Hall–Kier alpha value is -4.75. The highest BCUT2D eigenvalue weighted by atomic mass is 16.6. The predicted octanol–water partition coefficient (Wildman–Crippen LogP) is 3.35. The number of carbonyl (C=O) groups is 3. The summed E-state index contributed by atoms with van der Waals surface area (Å²) in [6, 6.07) is 6.31.